The van der Waals surface area contributed by atoms with Crippen LogP contribution in [0.3, 0.4) is 0 Å². The van der Waals surface area contributed by atoms with Crippen molar-refractivity contribution in [2.75, 3.05) is 26.9 Å². The summed E-state index contributed by atoms with van der Waals surface area (Å²) >= 11 is 0. The maximum atomic E-state index is 12.0. The number of oxazole rings is 1. The van der Waals surface area contributed by atoms with Gasteiger partial charge in [-0.2, -0.15) is 0 Å². The van der Waals surface area contributed by atoms with Crippen molar-refractivity contribution in [3.63, 3.8) is 0 Å². The van der Waals surface area contributed by atoms with E-state index in [2.05, 4.69) is 0 Å². The smallest absolute Gasteiger partial charge is 0.421 e. The van der Waals surface area contributed by atoms with Crippen molar-refractivity contribution in [3.05, 3.63) is 28.7 Å². The third-order valence-corrected chi connectivity index (χ3v) is 4.81. The summed E-state index contributed by atoms with van der Waals surface area (Å²) in [5.41, 5.74) is 1.23. The Balaban J connectivity index is 1.57. The molecule has 6 nitrogen and oxygen atoms in total. The van der Waals surface area contributed by atoms with Gasteiger partial charge in [0.05, 0.1) is 25.3 Å². The first-order valence-corrected chi connectivity index (χ1v) is 9.11. The SMILES string of the molecule is COCCOCn1c(=O)oc2cc(OCCC3CCCCC3)ccc21. The summed E-state index contributed by atoms with van der Waals surface area (Å²) in [5, 5.41) is 0. The molecule has 138 valence electrons. The summed E-state index contributed by atoms with van der Waals surface area (Å²) in [7, 11) is 1.61. The molecular formula is C19H27NO5. The average Bonchev–Trinajstić information content (AvgIpc) is 2.94. The largest absolute Gasteiger partial charge is 0.493 e. The number of hydrogen-bond donors (Lipinski definition) is 0. The summed E-state index contributed by atoms with van der Waals surface area (Å²) in [6, 6.07) is 5.50. The van der Waals surface area contributed by atoms with E-state index >= 15 is 0 Å². The summed E-state index contributed by atoms with van der Waals surface area (Å²) in [6.45, 7) is 1.78. The second kappa shape index (κ2) is 9.06. The van der Waals surface area contributed by atoms with Gasteiger partial charge in [0.1, 0.15) is 12.5 Å². The van der Waals surface area contributed by atoms with Crippen LogP contribution >= 0.6 is 0 Å². The van der Waals surface area contributed by atoms with E-state index in [-0.39, 0.29) is 6.73 Å². The van der Waals surface area contributed by atoms with Gasteiger partial charge in [-0.3, -0.25) is 0 Å². The Kier molecular flexibility index (Phi) is 6.53. The van der Waals surface area contributed by atoms with Gasteiger partial charge in [0, 0.05) is 13.2 Å². The normalized spacial score (nSPS) is 15.7. The van der Waals surface area contributed by atoms with E-state index < -0.39 is 5.76 Å². The van der Waals surface area contributed by atoms with Crippen LogP contribution in [0.15, 0.2) is 27.4 Å². The Bertz CT molecular complexity index is 714. The number of methoxy groups -OCH3 is 1. The van der Waals surface area contributed by atoms with Crippen molar-refractivity contribution in [1.29, 1.82) is 0 Å². The first-order valence-electron chi connectivity index (χ1n) is 9.11. The lowest BCUT2D eigenvalue weighted by Crippen LogP contribution is -2.17. The van der Waals surface area contributed by atoms with Gasteiger partial charge < -0.3 is 18.6 Å². The molecule has 0 unspecified atom stereocenters. The molecule has 3 rings (SSSR count). The molecule has 0 saturated heterocycles. The third-order valence-electron chi connectivity index (χ3n) is 4.81. The Morgan fingerprint density at radius 3 is 2.80 bits per heavy atom. The summed E-state index contributed by atoms with van der Waals surface area (Å²) < 4.78 is 23.0. The molecule has 0 aliphatic heterocycles. The van der Waals surface area contributed by atoms with Crippen molar-refractivity contribution in [2.45, 2.75) is 45.3 Å². The highest BCUT2D eigenvalue weighted by Gasteiger charge is 2.14. The Morgan fingerprint density at radius 1 is 1.16 bits per heavy atom. The van der Waals surface area contributed by atoms with Gasteiger partial charge >= 0.3 is 5.76 Å². The van der Waals surface area contributed by atoms with E-state index in [1.807, 2.05) is 12.1 Å². The highest BCUT2D eigenvalue weighted by Crippen LogP contribution is 2.27. The molecule has 1 aromatic heterocycles. The monoisotopic (exact) mass is 349 g/mol. The molecule has 2 aromatic rings. The molecule has 1 fully saturated rings. The van der Waals surface area contributed by atoms with Gasteiger partial charge in [-0.25, -0.2) is 9.36 Å². The number of rotatable bonds is 9. The van der Waals surface area contributed by atoms with Crippen LogP contribution < -0.4 is 10.5 Å². The van der Waals surface area contributed by atoms with Crippen molar-refractivity contribution >= 4 is 11.1 Å². The van der Waals surface area contributed by atoms with Crippen LogP contribution in [0.4, 0.5) is 0 Å². The maximum absolute atomic E-state index is 12.0. The van der Waals surface area contributed by atoms with Gasteiger partial charge in [-0.15, -0.1) is 0 Å². The van der Waals surface area contributed by atoms with Gasteiger partial charge in [0.15, 0.2) is 5.58 Å². The molecule has 0 atom stereocenters. The highest BCUT2D eigenvalue weighted by molar-refractivity contribution is 5.74. The van der Waals surface area contributed by atoms with Crippen LogP contribution in [-0.4, -0.2) is 31.5 Å². The lowest BCUT2D eigenvalue weighted by atomic mass is 9.87. The second-order valence-electron chi connectivity index (χ2n) is 6.60. The van der Waals surface area contributed by atoms with Crippen LogP contribution in [-0.2, 0) is 16.2 Å². The minimum Gasteiger partial charge on any atom is -0.493 e. The van der Waals surface area contributed by atoms with Crippen molar-refractivity contribution in [2.24, 2.45) is 5.92 Å². The summed E-state index contributed by atoms with van der Waals surface area (Å²) in [6.07, 6.45) is 7.81. The Labute approximate surface area is 147 Å². The second-order valence-corrected chi connectivity index (χ2v) is 6.60. The quantitative estimate of drug-likeness (QED) is 0.648. The van der Waals surface area contributed by atoms with Gasteiger partial charge in [0.25, 0.3) is 0 Å². The number of nitrogens with zero attached hydrogens (tertiary/aromatic N) is 1. The molecule has 0 N–H and O–H groups in total. The lowest BCUT2D eigenvalue weighted by Gasteiger charge is -2.21. The number of benzene rings is 1. The predicted octanol–water partition coefficient (Wildman–Crippen LogP) is 3.56. The molecule has 0 radical (unpaired) electrons. The zero-order valence-electron chi connectivity index (χ0n) is 14.9. The molecule has 1 aliphatic carbocycles. The maximum Gasteiger partial charge on any atom is 0.421 e. The zero-order chi connectivity index (χ0) is 17.5. The van der Waals surface area contributed by atoms with E-state index in [9.17, 15) is 4.79 Å². The topological polar surface area (TPSA) is 62.8 Å². The van der Waals surface area contributed by atoms with Crippen molar-refractivity contribution < 1.29 is 18.6 Å². The molecule has 6 heteroatoms. The molecule has 0 amide bonds. The Hall–Kier alpha value is -1.79. The molecule has 1 heterocycles. The zero-order valence-corrected chi connectivity index (χ0v) is 14.9. The Morgan fingerprint density at radius 2 is 2.00 bits per heavy atom. The van der Waals surface area contributed by atoms with E-state index in [0.29, 0.717) is 30.9 Å². The van der Waals surface area contributed by atoms with E-state index in [4.69, 9.17) is 18.6 Å². The molecule has 0 spiro atoms. The van der Waals surface area contributed by atoms with Gasteiger partial charge in [0.2, 0.25) is 0 Å². The fourth-order valence-electron chi connectivity index (χ4n) is 3.38. The van der Waals surface area contributed by atoms with E-state index in [1.165, 1.54) is 36.7 Å². The van der Waals surface area contributed by atoms with Gasteiger partial charge in [-0.05, 0) is 24.5 Å². The van der Waals surface area contributed by atoms with Crippen LogP contribution in [0.5, 0.6) is 5.75 Å². The van der Waals surface area contributed by atoms with Crippen LogP contribution in [0, 0.1) is 5.92 Å². The van der Waals surface area contributed by atoms with Crippen LogP contribution in [0.1, 0.15) is 38.5 Å². The standard InChI is InChI=1S/C19H27NO5/c1-22-11-12-23-14-20-17-8-7-16(13-18(17)25-19(20)21)24-10-9-15-5-3-2-4-6-15/h7-8,13,15H,2-6,9-12,14H2,1H3. The highest BCUT2D eigenvalue weighted by atomic mass is 16.5. The predicted molar refractivity (Wildman–Crippen MR) is 95.0 cm³/mol. The fourth-order valence-corrected chi connectivity index (χ4v) is 3.38. The average molecular weight is 349 g/mol. The molecular weight excluding hydrogens is 322 g/mol. The number of fused-ring (bicyclic) bond motifs is 1. The van der Waals surface area contributed by atoms with Crippen LogP contribution in [0.25, 0.3) is 11.1 Å². The van der Waals surface area contributed by atoms with E-state index in [1.54, 1.807) is 13.2 Å². The lowest BCUT2D eigenvalue weighted by molar-refractivity contribution is 0.0330. The molecule has 1 aromatic carbocycles. The van der Waals surface area contributed by atoms with Gasteiger partial charge in [-0.1, -0.05) is 32.1 Å². The van der Waals surface area contributed by atoms with E-state index in [0.717, 1.165) is 18.1 Å². The van der Waals surface area contributed by atoms with Crippen molar-refractivity contribution in [3.8, 4) is 5.75 Å². The summed E-state index contributed by atoms with van der Waals surface area (Å²) in [5.74, 6) is 1.11. The molecule has 0 bridgehead atoms. The minimum atomic E-state index is -0.424. The molecule has 1 saturated carbocycles. The fraction of sp³-hybridized carbons (Fsp3) is 0.632. The van der Waals surface area contributed by atoms with Crippen LogP contribution in [0.2, 0.25) is 0 Å². The first kappa shape index (κ1) is 18.0. The number of ether oxygens (including phenoxy) is 3. The molecule has 1 aliphatic rings. The van der Waals surface area contributed by atoms with Crippen molar-refractivity contribution in [1.82, 2.24) is 4.57 Å². The first-order chi connectivity index (χ1) is 12.3. The molecule has 25 heavy (non-hydrogen) atoms. The number of hydrogen-bond acceptors (Lipinski definition) is 5. The third kappa shape index (κ3) is 4.86. The number of aromatic nitrogens is 1. The summed E-state index contributed by atoms with van der Waals surface area (Å²) in [4.78, 5) is 12.0. The minimum absolute atomic E-state index is 0.150.